The first-order chi connectivity index (χ1) is 12.0. The molecule has 3 heterocycles. The summed E-state index contributed by atoms with van der Waals surface area (Å²) >= 11 is 0. The van der Waals surface area contributed by atoms with E-state index in [2.05, 4.69) is 15.3 Å². The molecule has 8 nitrogen and oxygen atoms in total. The molecule has 0 bridgehead atoms. The highest BCUT2D eigenvalue weighted by atomic mass is 32.2. The van der Waals surface area contributed by atoms with E-state index in [0.29, 0.717) is 37.8 Å². The van der Waals surface area contributed by atoms with Gasteiger partial charge in [-0.15, -0.1) is 0 Å². The van der Waals surface area contributed by atoms with Gasteiger partial charge in [-0.05, 0) is 29.8 Å². The predicted octanol–water partition coefficient (Wildman–Crippen LogP) is 0.482. The number of aromatic nitrogens is 2. The number of hydrogen-bond donors (Lipinski definition) is 1. The number of sulfonamides is 1. The molecule has 0 radical (unpaired) electrons. The van der Waals surface area contributed by atoms with Gasteiger partial charge in [-0.3, -0.25) is 4.79 Å². The van der Waals surface area contributed by atoms with Crippen LogP contribution in [-0.2, 0) is 21.2 Å². The number of amides is 1. The Balaban J connectivity index is 1.51. The Bertz CT molecular complexity index is 909. The largest absolute Gasteiger partial charge is 0.338 e. The SMILES string of the molecule is O=C1Cc2cc(S(=O)(=O)N3CCN(c4ncccn4)CC3)ccc2N1. The highest BCUT2D eigenvalue weighted by Gasteiger charge is 2.30. The highest BCUT2D eigenvalue weighted by molar-refractivity contribution is 7.89. The van der Waals surface area contributed by atoms with Gasteiger partial charge in [-0.2, -0.15) is 4.31 Å². The Morgan fingerprint density at radius 2 is 1.76 bits per heavy atom. The quantitative estimate of drug-likeness (QED) is 0.857. The van der Waals surface area contributed by atoms with E-state index in [1.165, 1.54) is 4.31 Å². The molecule has 1 aromatic heterocycles. The molecule has 25 heavy (non-hydrogen) atoms. The summed E-state index contributed by atoms with van der Waals surface area (Å²) in [5.74, 6) is 0.502. The monoisotopic (exact) mass is 359 g/mol. The van der Waals surface area contributed by atoms with Crippen molar-refractivity contribution in [1.82, 2.24) is 14.3 Å². The minimum absolute atomic E-state index is 0.110. The molecule has 0 saturated carbocycles. The molecule has 1 amide bonds. The zero-order valence-electron chi connectivity index (χ0n) is 13.4. The third-order valence-electron chi connectivity index (χ3n) is 4.41. The van der Waals surface area contributed by atoms with Gasteiger partial charge < -0.3 is 10.2 Å². The molecule has 1 fully saturated rings. The number of carbonyl (C=O) groups excluding carboxylic acids is 1. The number of benzene rings is 1. The molecule has 130 valence electrons. The fraction of sp³-hybridized carbons (Fsp3) is 0.312. The standard InChI is InChI=1S/C16H17N5O3S/c22-15-11-12-10-13(2-3-14(12)19-15)25(23,24)21-8-6-20(7-9-21)16-17-4-1-5-18-16/h1-5,10H,6-9,11H2,(H,19,22). The van der Waals surface area contributed by atoms with E-state index < -0.39 is 10.0 Å². The lowest BCUT2D eigenvalue weighted by atomic mass is 10.2. The summed E-state index contributed by atoms with van der Waals surface area (Å²) in [7, 11) is -3.58. The van der Waals surface area contributed by atoms with Crippen molar-refractivity contribution >= 4 is 27.6 Å². The van der Waals surface area contributed by atoms with E-state index in [1.807, 2.05) is 4.90 Å². The maximum atomic E-state index is 12.9. The lowest BCUT2D eigenvalue weighted by Crippen LogP contribution is -2.49. The van der Waals surface area contributed by atoms with Crippen LogP contribution in [0.15, 0.2) is 41.6 Å². The van der Waals surface area contributed by atoms with Crippen LogP contribution in [0.2, 0.25) is 0 Å². The Hall–Kier alpha value is -2.52. The molecule has 0 atom stereocenters. The number of piperazine rings is 1. The second-order valence-corrected chi connectivity index (χ2v) is 7.92. The van der Waals surface area contributed by atoms with Crippen molar-refractivity contribution in [2.24, 2.45) is 0 Å². The van der Waals surface area contributed by atoms with Crippen LogP contribution in [0.3, 0.4) is 0 Å². The van der Waals surface area contributed by atoms with Crippen molar-refractivity contribution in [2.75, 3.05) is 36.4 Å². The molecule has 2 aliphatic rings. The van der Waals surface area contributed by atoms with E-state index in [9.17, 15) is 13.2 Å². The van der Waals surface area contributed by atoms with Gasteiger partial charge in [0.2, 0.25) is 21.9 Å². The Morgan fingerprint density at radius 1 is 1.04 bits per heavy atom. The fourth-order valence-corrected chi connectivity index (χ4v) is 4.57. The van der Waals surface area contributed by atoms with Gasteiger partial charge in [0.05, 0.1) is 11.3 Å². The first kappa shape index (κ1) is 16.0. The first-order valence-corrected chi connectivity index (χ1v) is 9.43. The topological polar surface area (TPSA) is 95.5 Å². The minimum atomic E-state index is -3.58. The molecule has 1 N–H and O–H groups in total. The number of carbonyl (C=O) groups is 1. The average molecular weight is 359 g/mol. The molecule has 2 aromatic rings. The van der Waals surface area contributed by atoms with E-state index in [0.717, 1.165) is 5.56 Å². The Labute approximate surface area is 145 Å². The molecular formula is C16H17N5O3S. The predicted molar refractivity (Wildman–Crippen MR) is 91.8 cm³/mol. The first-order valence-electron chi connectivity index (χ1n) is 7.99. The van der Waals surface area contributed by atoms with Crippen LogP contribution >= 0.6 is 0 Å². The lowest BCUT2D eigenvalue weighted by Gasteiger charge is -2.33. The zero-order valence-corrected chi connectivity index (χ0v) is 14.2. The Morgan fingerprint density at radius 3 is 2.48 bits per heavy atom. The van der Waals surface area contributed by atoms with Crippen molar-refractivity contribution < 1.29 is 13.2 Å². The molecule has 9 heteroatoms. The van der Waals surface area contributed by atoms with E-state index >= 15 is 0 Å². The van der Waals surface area contributed by atoms with Crippen LogP contribution in [0.4, 0.5) is 11.6 Å². The lowest BCUT2D eigenvalue weighted by molar-refractivity contribution is -0.115. The molecule has 4 rings (SSSR count). The molecule has 0 spiro atoms. The Kier molecular flexibility index (Phi) is 3.89. The number of rotatable bonds is 3. The van der Waals surface area contributed by atoms with Crippen LogP contribution in [0, 0.1) is 0 Å². The van der Waals surface area contributed by atoms with Crippen molar-refractivity contribution in [3.63, 3.8) is 0 Å². The molecule has 0 unspecified atom stereocenters. The van der Waals surface area contributed by atoms with Gasteiger partial charge in [0.1, 0.15) is 0 Å². The van der Waals surface area contributed by atoms with Gasteiger partial charge in [0, 0.05) is 44.3 Å². The number of nitrogens with zero attached hydrogens (tertiary/aromatic N) is 4. The smallest absolute Gasteiger partial charge is 0.243 e. The summed E-state index contributed by atoms with van der Waals surface area (Å²) in [5, 5.41) is 2.71. The third kappa shape index (κ3) is 2.96. The normalized spacial score (nSPS) is 18.1. The van der Waals surface area contributed by atoms with Crippen LogP contribution in [-0.4, -0.2) is 54.8 Å². The van der Waals surface area contributed by atoms with Crippen molar-refractivity contribution in [2.45, 2.75) is 11.3 Å². The van der Waals surface area contributed by atoms with Crippen molar-refractivity contribution in [3.8, 4) is 0 Å². The minimum Gasteiger partial charge on any atom is -0.338 e. The molecular weight excluding hydrogens is 342 g/mol. The number of hydrogen-bond acceptors (Lipinski definition) is 6. The fourth-order valence-electron chi connectivity index (χ4n) is 3.10. The second-order valence-electron chi connectivity index (χ2n) is 5.98. The van der Waals surface area contributed by atoms with Crippen LogP contribution in [0.25, 0.3) is 0 Å². The third-order valence-corrected chi connectivity index (χ3v) is 6.31. The average Bonchev–Trinajstić information content (AvgIpc) is 3.02. The van der Waals surface area contributed by atoms with Crippen molar-refractivity contribution in [1.29, 1.82) is 0 Å². The van der Waals surface area contributed by atoms with Gasteiger partial charge in [0.25, 0.3) is 0 Å². The summed E-state index contributed by atoms with van der Waals surface area (Å²) < 4.78 is 27.2. The van der Waals surface area contributed by atoms with Crippen LogP contribution in [0.1, 0.15) is 5.56 Å². The van der Waals surface area contributed by atoms with Gasteiger partial charge >= 0.3 is 0 Å². The molecule has 0 aliphatic carbocycles. The zero-order chi connectivity index (χ0) is 17.4. The van der Waals surface area contributed by atoms with Crippen molar-refractivity contribution in [3.05, 3.63) is 42.2 Å². The van der Waals surface area contributed by atoms with E-state index in [1.54, 1.807) is 36.7 Å². The maximum absolute atomic E-state index is 12.9. The summed E-state index contributed by atoms with van der Waals surface area (Å²) in [4.78, 5) is 22.0. The summed E-state index contributed by atoms with van der Waals surface area (Å²) in [6, 6.07) is 6.54. The van der Waals surface area contributed by atoms with E-state index in [4.69, 9.17) is 0 Å². The van der Waals surface area contributed by atoms with Crippen LogP contribution in [0.5, 0.6) is 0 Å². The second kappa shape index (κ2) is 6.08. The molecule has 2 aliphatic heterocycles. The van der Waals surface area contributed by atoms with Gasteiger partial charge in [0.15, 0.2) is 0 Å². The summed E-state index contributed by atoms with van der Waals surface area (Å²) in [6.45, 7) is 1.81. The van der Waals surface area contributed by atoms with E-state index in [-0.39, 0.29) is 17.2 Å². The van der Waals surface area contributed by atoms with Gasteiger partial charge in [-0.1, -0.05) is 0 Å². The number of fused-ring (bicyclic) bond motifs is 1. The summed E-state index contributed by atoms with van der Waals surface area (Å²) in [5.41, 5.74) is 1.41. The highest BCUT2D eigenvalue weighted by Crippen LogP contribution is 2.27. The number of anilines is 2. The van der Waals surface area contributed by atoms with Gasteiger partial charge in [-0.25, -0.2) is 18.4 Å². The molecule has 1 saturated heterocycles. The summed E-state index contributed by atoms with van der Waals surface area (Å²) in [6.07, 6.45) is 3.56. The number of nitrogens with one attached hydrogen (secondary N) is 1. The van der Waals surface area contributed by atoms with Crippen LogP contribution < -0.4 is 10.2 Å². The molecule has 1 aromatic carbocycles. The maximum Gasteiger partial charge on any atom is 0.243 e.